The molecule has 1 heterocycles. The van der Waals surface area contributed by atoms with Gasteiger partial charge in [-0.05, 0) is 19.1 Å². The molecule has 0 amide bonds. The number of ether oxygens (including phenoxy) is 1. The van der Waals surface area contributed by atoms with Crippen LogP contribution in [0.3, 0.4) is 0 Å². The second-order valence-corrected chi connectivity index (χ2v) is 5.51. The van der Waals surface area contributed by atoms with Crippen LogP contribution in [0.2, 0.25) is 10.0 Å². The van der Waals surface area contributed by atoms with Gasteiger partial charge in [0.2, 0.25) is 0 Å². The molecule has 5 heteroatoms. The van der Waals surface area contributed by atoms with Crippen LogP contribution in [-0.2, 0) is 6.54 Å². The highest BCUT2D eigenvalue weighted by Gasteiger charge is 2.18. The van der Waals surface area contributed by atoms with E-state index in [1.165, 1.54) is 0 Å². The van der Waals surface area contributed by atoms with Crippen LogP contribution in [0.25, 0.3) is 0 Å². The number of piperazine rings is 1. The van der Waals surface area contributed by atoms with E-state index < -0.39 is 0 Å². The van der Waals surface area contributed by atoms with E-state index in [1.807, 2.05) is 6.07 Å². The lowest BCUT2D eigenvalue weighted by atomic mass is 10.1. The average Bonchev–Trinajstić information content (AvgIpc) is 2.28. The molecule has 2 rings (SSSR count). The molecule has 0 bridgehead atoms. The molecule has 1 atom stereocenters. The van der Waals surface area contributed by atoms with Crippen LogP contribution in [0.15, 0.2) is 12.1 Å². The fourth-order valence-corrected chi connectivity index (χ4v) is 2.97. The van der Waals surface area contributed by atoms with Gasteiger partial charge in [-0.1, -0.05) is 23.2 Å². The Morgan fingerprint density at radius 3 is 2.89 bits per heavy atom. The van der Waals surface area contributed by atoms with E-state index >= 15 is 0 Å². The molecular weight excluding hydrogens is 271 g/mol. The number of hydrogen-bond donors (Lipinski definition) is 1. The Kier molecular flexibility index (Phi) is 4.73. The molecule has 1 aliphatic heterocycles. The summed E-state index contributed by atoms with van der Waals surface area (Å²) < 4.78 is 5.37. The SMILES string of the molecule is COc1c(Cl)cc(Cl)cc1CN1CCNC(C)C1. The van der Waals surface area contributed by atoms with E-state index in [0.29, 0.717) is 16.1 Å². The van der Waals surface area contributed by atoms with Gasteiger partial charge in [-0.2, -0.15) is 0 Å². The lowest BCUT2D eigenvalue weighted by Crippen LogP contribution is -2.48. The van der Waals surface area contributed by atoms with Gasteiger partial charge in [-0.25, -0.2) is 0 Å². The standard InChI is InChI=1S/C13H18Cl2N2O/c1-9-7-17(4-3-16-9)8-10-5-11(14)6-12(15)13(10)18-2/h5-6,9,16H,3-4,7-8H2,1-2H3. The Labute approximate surface area is 118 Å². The van der Waals surface area contributed by atoms with Crippen molar-refractivity contribution in [2.75, 3.05) is 26.7 Å². The van der Waals surface area contributed by atoms with Gasteiger partial charge < -0.3 is 10.1 Å². The molecule has 0 radical (unpaired) electrons. The summed E-state index contributed by atoms with van der Waals surface area (Å²) in [7, 11) is 1.64. The van der Waals surface area contributed by atoms with Crippen LogP contribution < -0.4 is 10.1 Å². The van der Waals surface area contributed by atoms with E-state index in [4.69, 9.17) is 27.9 Å². The molecule has 0 aromatic heterocycles. The number of nitrogens with one attached hydrogen (secondary N) is 1. The number of rotatable bonds is 3. The Balaban J connectivity index is 2.17. The predicted molar refractivity (Wildman–Crippen MR) is 75.8 cm³/mol. The van der Waals surface area contributed by atoms with Crippen LogP contribution in [0.1, 0.15) is 12.5 Å². The van der Waals surface area contributed by atoms with Crippen molar-refractivity contribution in [3.05, 3.63) is 27.7 Å². The fraction of sp³-hybridized carbons (Fsp3) is 0.538. The van der Waals surface area contributed by atoms with Crippen molar-refractivity contribution >= 4 is 23.2 Å². The first-order chi connectivity index (χ1) is 8.60. The topological polar surface area (TPSA) is 24.5 Å². The van der Waals surface area contributed by atoms with Gasteiger partial charge in [0.15, 0.2) is 0 Å². The Hall–Kier alpha value is -0.480. The molecule has 0 aliphatic carbocycles. The highest BCUT2D eigenvalue weighted by molar-refractivity contribution is 6.35. The highest BCUT2D eigenvalue weighted by Crippen LogP contribution is 2.33. The first-order valence-electron chi connectivity index (χ1n) is 6.08. The molecule has 1 N–H and O–H groups in total. The van der Waals surface area contributed by atoms with Crippen LogP contribution >= 0.6 is 23.2 Å². The van der Waals surface area contributed by atoms with Gasteiger partial charge in [-0.3, -0.25) is 4.90 Å². The summed E-state index contributed by atoms with van der Waals surface area (Å²) in [6.07, 6.45) is 0. The van der Waals surface area contributed by atoms with Crippen molar-refractivity contribution in [1.82, 2.24) is 10.2 Å². The third-order valence-corrected chi connectivity index (χ3v) is 3.64. The average molecular weight is 289 g/mol. The molecule has 0 spiro atoms. The summed E-state index contributed by atoms with van der Waals surface area (Å²) in [6.45, 7) is 6.06. The third kappa shape index (κ3) is 3.29. The minimum absolute atomic E-state index is 0.513. The molecule has 1 fully saturated rings. The predicted octanol–water partition coefficient (Wildman–Crippen LogP) is 2.80. The van der Waals surface area contributed by atoms with Gasteiger partial charge in [0.25, 0.3) is 0 Å². The summed E-state index contributed by atoms with van der Waals surface area (Å²) in [4.78, 5) is 2.38. The molecule has 1 unspecified atom stereocenters. The second kappa shape index (κ2) is 6.11. The normalized spacial score (nSPS) is 21.0. The van der Waals surface area contributed by atoms with Crippen LogP contribution in [0.4, 0.5) is 0 Å². The second-order valence-electron chi connectivity index (χ2n) is 4.67. The van der Waals surface area contributed by atoms with Crippen LogP contribution in [0.5, 0.6) is 5.75 Å². The highest BCUT2D eigenvalue weighted by atomic mass is 35.5. The maximum absolute atomic E-state index is 6.14. The molecule has 1 aliphatic rings. The number of benzene rings is 1. The minimum Gasteiger partial charge on any atom is -0.495 e. The number of methoxy groups -OCH3 is 1. The fourth-order valence-electron chi connectivity index (χ4n) is 2.36. The monoisotopic (exact) mass is 288 g/mol. The molecule has 100 valence electrons. The van der Waals surface area contributed by atoms with Gasteiger partial charge in [0, 0.05) is 42.8 Å². The van der Waals surface area contributed by atoms with E-state index in [-0.39, 0.29) is 0 Å². The van der Waals surface area contributed by atoms with Gasteiger partial charge in [0.1, 0.15) is 5.75 Å². The Morgan fingerprint density at radius 2 is 2.22 bits per heavy atom. The number of hydrogen-bond acceptors (Lipinski definition) is 3. The van der Waals surface area contributed by atoms with Gasteiger partial charge in [-0.15, -0.1) is 0 Å². The van der Waals surface area contributed by atoms with E-state index in [9.17, 15) is 0 Å². The summed E-state index contributed by atoms with van der Waals surface area (Å²) in [5.41, 5.74) is 1.05. The zero-order chi connectivity index (χ0) is 13.1. The van der Waals surface area contributed by atoms with E-state index in [1.54, 1.807) is 13.2 Å². The third-order valence-electron chi connectivity index (χ3n) is 3.14. The molecule has 3 nitrogen and oxygen atoms in total. The zero-order valence-corrected chi connectivity index (χ0v) is 12.2. The lowest BCUT2D eigenvalue weighted by molar-refractivity contribution is 0.197. The minimum atomic E-state index is 0.513. The summed E-state index contributed by atoms with van der Waals surface area (Å²) >= 11 is 12.2. The Bertz CT molecular complexity index is 426. The van der Waals surface area contributed by atoms with Crippen molar-refractivity contribution in [2.24, 2.45) is 0 Å². The molecule has 18 heavy (non-hydrogen) atoms. The molecule has 1 aromatic carbocycles. The smallest absolute Gasteiger partial charge is 0.142 e. The summed E-state index contributed by atoms with van der Waals surface area (Å²) in [5, 5.41) is 4.65. The molecule has 1 saturated heterocycles. The Morgan fingerprint density at radius 1 is 1.44 bits per heavy atom. The van der Waals surface area contributed by atoms with Gasteiger partial charge >= 0.3 is 0 Å². The van der Waals surface area contributed by atoms with Crippen molar-refractivity contribution < 1.29 is 4.74 Å². The first kappa shape index (κ1) is 13.9. The van der Waals surface area contributed by atoms with Crippen LogP contribution in [-0.4, -0.2) is 37.7 Å². The van der Waals surface area contributed by atoms with Crippen molar-refractivity contribution in [2.45, 2.75) is 19.5 Å². The van der Waals surface area contributed by atoms with Crippen LogP contribution in [0, 0.1) is 0 Å². The molecular formula is C13H18Cl2N2O. The zero-order valence-electron chi connectivity index (χ0n) is 10.7. The lowest BCUT2D eigenvalue weighted by Gasteiger charge is -2.32. The maximum atomic E-state index is 6.14. The largest absolute Gasteiger partial charge is 0.495 e. The maximum Gasteiger partial charge on any atom is 0.142 e. The van der Waals surface area contributed by atoms with Crippen molar-refractivity contribution in [3.8, 4) is 5.75 Å². The quantitative estimate of drug-likeness (QED) is 0.926. The number of halogens is 2. The van der Waals surface area contributed by atoms with Crippen molar-refractivity contribution in [1.29, 1.82) is 0 Å². The number of nitrogens with zero attached hydrogens (tertiary/aromatic N) is 1. The summed E-state index contributed by atoms with van der Waals surface area (Å²) in [6, 6.07) is 4.16. The van der Waals surface area contributed by atoms with E-state index in [2.05, 4.69) is 17.1 Å². The molecule has 0 saturated carbocycles. The van der Waals surface area contributed by atoms with Crippen molar-refractivity contribution in [3.63, 3.8) is 0 Å². The van der Waals surface area contributed by atoms with E-state index in [0.717, 1.165) is 37.5 Å². The van der Waals surface area contributed by atoms with Gasteiger partial charge in [0.05, 0.1) is 12.1 Å². The molecule has 1 aromatic rings. The first-order valence-corrected chi connectivity index (χ1v) is 6.83. The summed E-state index contributed by atoms with van der Waals surface area (Å²) in [5.74, 6) is 0.729.